The van der Waals surface area contributed by atoms with E-state index in [1.54, 1.807) is 0 Å². The molecule has 1 fully saturated rings. The lowest BCUT2D eigenvalue weighted by atomic mass is 9.78. The summed E-state index contributed by atoms with van der Waals surface area (Å²) in [7, 11) is 0. The lowest BCUT2D eigenvalue weighted by Crippen LogP contribution is -2.23. The summed E-state index contributed by atoms with van der Waals surface area (Å²) in [5, 5.41) is 0. The van der Waals surface area contributed by atoms with Gasteiger partial charge in [0.2, 0.25) is 0 Å². The summed E-state index contributed by atoms with van der Waals surface area (Å²) < 4.78 is 1.19. The maximum absolute atomic E-state index is 3.96. The molecule has 0 amide bonds. The SMILES string of the molecule is CCCCC1CCC(C(Br)Cc2cccc(Br)c2)CC1. The normalized spacial score (nSPS) is 24.6. The minimum atomic E-state index is 0.643. The van der Waals surface area contributed by atoms with Gasteiger partial charge >= 0.3 is 0 Å². The average Bonchev–Trinajstić information content (AvgIpc) is 2.45. The minimum absolute atomic E-state index is 0.643. The van der Waals surface area contributed by atoms with Gasteiger partial charge < -0.3 is 0 Å². The largest absolute Gasteiger partial charge is 0.0884 e. The van der Waals surface area contributed by atoms with Crippen LogP contribution in [0.5, 0.6) is 0 Å². The van der Waals surface area contributed by atoms with Gasteiger partial charge in [0.15, 0.2) is 0 Å². The first-order chi connectivity index (χ1) is 9.69. The number of unbranched alkanes of at least 4 members (excludes halogenated alkanes) is 1. The fourth-order valence-electron chi connectivity index (χ4n) is 3.39. The Hall–Kier alpha value is 0.180. The average molecular weight is 402 g/mol. The molecule has 1 aromatic rings. The lowest BCUT2D eigenvalue weighted by molar-refractivity contribution is 0.256. The van der Waals surface area contributed by atoms with E-state index in [0.717, 1.165) is 18.3 Å². The lowest BCUT2D eigenvalue weighted by Gasteiger charge is -2.31. The van der Waals surface area contributed by atoms with Crippen molar-refractivity contribution in [1.29, 1.82) is 0 Å². The Morgan fingerprint density at radius 2 is 1.95 bits per heavy atom. The number of halogens is 2. The van der Waals surface area contributed by atoms with Crippen LogP contribution in [0.25, 0.3) is 0 Å². The van der Waals surface area contributed by atoms with E-state index in [-0.39, 0.29) is 0 Å². The molecular formula is C18H26Br2. The quantitative estimate of drug-likeness (QED) is 0.462. The summed E-state index contributed by atoms with van der Waals surface area (Å²) >= 11 is 7.52. The minimum Gasteiger partial charge on any atom is -0.0884 e. The van der Waals surface area contributed by atoms with Crippen LogP contribution < -0.4 is 0 Å². The van der Waals surface area contributed by atoms with Gasteiger partial charge in [-0.15, -0.1) is 0 Å². The predicted octanol–water partition coefficient (Wildman–Crippen LogP) is 6.75. The van der Waals surface area contributed by atoms with Crippen LogP contribution in [0.15, 0.2) is 28.7 Å². The monoisotopic (exact) mass is 400 g/mol. The van der Waals surface area contributed by atoms with Gasteiger partial charge in [0.25, 0.3) is 0 Å². The fraction of sp³-hybridized carbons (Fsp3) is 0.667. The van der Waals surface area contributed by atoms with Gasteiger partial charge in [-0.05, 0) is 48.8 Å². The van der Waals surface area contributed by atoms with Crippen molar-refractivity contribution in [2.45, 2.75) is 63.1 Å². The molecule has 112 valence electrons. The van der Waals surface area contributed by atoms with Crippen molar-refractivity contribution >= 4 is 31.9 Å². The van der Waals surface area contributed by atoms with E-state index in [2.05, 4.69) is 63.0 Å². The smallest absolute Gasteiger partial charge is 0.0214 e. The molecule has 1 aliphatic rings. The van der Waals surface area contributed by atoms with Gasteiger partial charge in [0.1, 0.15) is 0 Å². The van der Waals surface area contributed by atoms with E-state index in [1.165, 1.54) is 55.0 Å². The van der Waals surface area contributed by atoms with Gasteiger partial charge in [-0.3, -0.25) is 0 Å². The van der Waals surface area contributed by atoms with E-state index in [1.807, 2.05) is 0 Å². The van der Waals surface area contributed by atoms with Crippen LogP contribution in [0, 0.1) is 11.8 Å². The molecule has 0 heterocycles. The number of hydrogen-bond acceptors (Lipinski definition) is 0. The maximum atomic E-state index is 3.96. The molecule has 1 aliphatic carbocycles. The molecule has 2 heteroatoms. The molecule has 0 aliphatic heterocycles. The van der Waals surface area contributed by atoms with Crippen molar-refractivity contribution < 1.29 is 0 Å². The Morgan fingerprint density at radius 1 is 1.20 bits per heavy atom. The van der Waals surface area contributed by atoms with Gasteiger partial charge in [-0.1, -0.05) is 83.0 Å². The van der Waals surface area contributed by atoms with Gasteiger partial charge in [-0.25, -0.2) is 0 Å². The first-order valence-corrected chi connectivity index (χ1v) is 9.78. The number of benzene rings is 1. The second-order valence-electron chi connectivity index (χ2n) is 6.27. The van der Waals surface area contributed by atoms with Crippen LogP contribution in [0.2, 0.25) is 0 Å². The summed E-state index contributed by atoms with van der Waals surface area (Å²) in [6, 6.07) is 8.74. The standard InChI is InChI=1S/C18H26Br2/c1-2-3-5-14-8-10-16(11-9-14)18(20)13-15-6-4-7-17(19)12-15/h4,6-7,12,14,16,18H,2-3,5,8-11,13H2,1H3. The van der Waals surface area contributed by atoms with Crippen LogP contribution in [-0.2, 0) is 6.42 Å². The van der Waals surface area contributed by atoms with Crippen molar-refractivity contribution in [3.05, 3.63) is 34.3 Å². The summed E-state index contributed by atoms with van der Waals surface area (Å²) in [5.41, 5.74) is 1.44. The van der Waals surface area contributed by atoms with Gasteiger partial charge in [0, 0.05) is 9.30 Å². The highest BCUT2D eigenvalue weighted by Gasteiger charge is 2.25. The molecule has 0 spiro atoms. The zero-order chi connectivity index (χ0) is 14.4. The Kier molecular flexibility index (Phi) is 7.10. The van der Waals surface area contributed by atoms with Crippen LogP contribution in [0.1, 0.15) is 57.4 Å². The second-order valence-corrected chi connectivity index (χ2v) is 8.36. The molecular weight excluding hydrogens is 376 g/mol. The van der Waals surface area contributed by atoms with Crippen LogP contribution in [0.3, 0.4) is 0 Å². The Labute approximate surface area is 141 Å². The third-order valence-corrected chi connectivity index (χ3v) is 6.25. The molecule has 0 N–H and O–H groups in total. The van der Waals surface area contributed by atoms with Crippen molar-refractivity contribution in [2.75, 3.05) is 0 Å². The summed E-state index contributed by atoms with van der Waals surface area (Å²) in [4.78, 5) is 0.643. The molecule has 0 nitrogen and oxygen atoms in total. The molecule has 1 aromatic carbocycles. The maximum Gasteiger partial charge on any atom is 0.0214 e. The Morgan fingerprint density at radius 3 is 2.60 bits per heavy atom. The van der Waals surface area contributed by atoms with Crippen LogP contribution in [0.4, 0.5) is 0 Å². The number of alkyl halides is 1. The number of rotatable bonds is 6. The highest BCUT2D eigenvalue weighted by Crippen LogP contribution is 2.36. The second kappa shape index (κ2) is 8.58. The zero-order valence-corrected chi connectivity index (χ0v) is 15.6. The predicted molar refractivity (Wildman–Crippen MR) is 95.5 cm³/mol. The third-order valence-electron chi connectivity index (χ3n) is 4.69. The van der Waals surface area contributed by atoms with E-state index >= 15 is 0 Å². The molecule has 2 rings (SSSR count). The van der Waals surface area contributed by atoms with E-state index in [9.17, 15) is 0 Å². The zero-order valence-electron chi connectivity index (χ0n) is 12.5. The molecule has 0 bridgehead atoms. The molecule has 1 unspecified atom stereocenters. The number of hydrogen-bond donors (Lipinski definition) is 0. The molecule has 1 saturated carbocycles. The van der Waals surface area contributed by atoms with Gasteiger partial charge in [0.05, 0.1) is 0 Å². The summed E-state index contributed by atoms with van der Waals surface area (Å²) in [6.07, 6.45) is 11.1. The molecule has 0 saturated heterocycles. The van der Waals surface area contributed by atoms with E-state index in [0.29, 0.717) is 4.83 Å². The Bertz CT molecular complexity index is 394. The molecule has 20 heavy (non-hydrogen) atoms. The molecule has 1 atom stereocenters. The van der Waals surface area contributed by atoms with Crippen molar-refractivity contribution in [3.8, 4) is 0 Å². The topological polar surface area (TPSA) is 0 Å². The van der Waals surface area contributed by atoms with Gasteiger partial charge in [-0.2, -0.15) is 0 Å². The summed E-state index contributed by atoms with van der Waals surface area (Å²) in [6.45, 7) is 2.30. The van der Waals surface area contributed by atoms with Crippen LogP contribution >= 0.6 is 31.9 Å². The Balaban J connectivity index is 1.78. The van der Waals surface area contributed by atoms with Crippen LogP contribution in [-0.4, -0.2) is 4.83 Å². The van der Waals surface area contributed by atoms with E-state index < -0.39 is 0 Å². The van der Waals surface area contributed by atoms with Crippen molar-refractivity contribution in [2.24, 2.45) is 11.8 Å². The first-order valence-electron chi connectivity index (χ1n) is 8.07. The van der Waals surface area contributed by atoms with Crippen molar-refractivity contribution in [1.82, 2.24) is 0 Å². The van der Waals surface area contributed by atoms with E-state index in [4.69, 9.17) is 0 Å². The highest BCUT2D eigenvalue weighted by atomic mass is 79.9. The summed E-state index contributed by atoms with van der Waals surface area (Å²) in [5.74, 6) is 1.88. The molecule has 0 radical (unpaired) electrons. The first kappa shape index (κ1) is 16.5. The molecule has 0 aromatic heterocycles. The fourth-order valence-corrected chi connectivity index (χ4v) is 4.74. The van der Waals surface area contributed by atoms with Crippen molar-refractivity contribution in [3.63, 3.8) is 0 Å². The third kappa shape index (κ3) is 5.18. The highest BCUT2D eigenvalue weighted by molar-refractivity contribution is 9.10.